The van der Waals surface area contributed by atoms with Crippen LogP contribution in [0.2, 0.25) is 0 Å². The standard InChI is InChI=1S/C21H21N5O3S/c1-30-11-8-17(19-24-15-4-2-3-5-16(15)25-19)23-18(27)7-10-26-20(28)13-6-9-22-12-14(13)21(26)29/h2-6,9,12,17H,7-8,10-11H2,1H3,(H,23,27)(H,24,25)/t17-/m1/s1. The molecular weight excluding hydrogens is 402 g/mol. The smallest absolute Gasteiger partial charge is 0.263 e. The van der Waals surface area contributed by atoms with Gasteiger partial charge in [-0.25, -0.2) is 4.98 Å². The van der Waals surface area contributed by atoms with Gasteiger partial charge in [0, 0.05) is 25.4 Å². The summed E-state index contributed by atoms with van der Waals surface area (Å²) in [5, 5.41) is 3.00. The molecule has 8 nitrogen and oxygen atoms in total. The van der Waals surface area contributed by atoms with E-state index in [9.17, 15) is 14.4 Å². The summed E-state index contributed by atoms with van der Waals surface area (Å²) in [4.78, 5) is 50.4. The molecule has 2 aromatic heterocycles. The number of imidazole rings is 1. The van der Waals surface area contributed by atoms with Crippen LogP contribution >= 0.6 is 11.8 Å². The number of hydrogen-bond acceptors (Lipinski definition) is 6. The molecule has 0 saturated carbocycles. The summed E-state index contributed by atoms with van der Waals surface area (Å²) in [6.07, 6.45) is 5.61. The summed E-state index contributed by atoms with van der Waals surface area (Å²) in [7, 11) is 0. The zero-order valence-corrected chi connectivity index (χ0v) is 17.2. The minimum atomic E-state index is -0.410. The largest absolute Gasteiger partial charge is 0.346 e. The fourth-order valence-electron chi connectivity index (χ4n) is 3.47. The molecule has 1 aromatic carbocycles. The lowest BCUT2D eigenvalue weighted by atomic mass is 10.2. The Kier molecular flexibility index (Phi) is 5.80. The molecule has 2 N–H and O–H groups in total. The van der Waals surface area contributed by atoms with Crippen molar-refractivity contribution < 1.29 is 14.4 Å². The van der Waals surface area contributed by atoms with E-state index in [4.69, 9.17) is 0 Å². The second kappa shape index (κ2) is 8.66. The molecule has 0 spiro atoms. The van der Waals surface area contributed by atoms with Gasteiger partial charge in [0.2, 0.25) is 5.91 Å². The molecular formula is C21H21N5O3S. The van der Waals surface area contributed by atoms with E-state index in [0.29, 0.717) is 17.8 Å². The number of carbonyl (C=O) groups excluding carboxylic acids is 3. The first-order valence-corrected chi connectivity index (χ1v) is 11.0. The Morgan fingerprint density at radius 3 is 2.77 bits per heavy atom. The molecule has 0 saturated heterocycles. The minimum Gasteiger partial charge on any atom is -0.346 e. The number of rotatable bonds is 8. The van der Waals surface area contributed by atoms with Crippen molar-refractivity contribution in [3.63, 3.8) is 0 Å². The Bertz CT molecular complexity index is 1040. The molecule has 0 unspecified atom stereocenters. The third-order valence-electron chi connectivity index (χ3n) is 5.02. The summed E-state index contributed by atoms with van der Waals surface area (Å²) in [6, 6.07) is 8.95. The Labute approximate surface area is 177 Å². The summed E-state index contributed by atoms with van der Waals surface area (Å²) in [5.41, 5.74) is 2.37. The van der Waals surface area contributed by atoms with Crippen molar-refractivity contribution in [1.82, 2.24) is 25.2 Å². The van der Waals surface area contributed by atoms with Crippen molar-refractivity contribution in [2.75, 3.05) is 18.6 Å². The van der Waals surface area contributed by atoms with Gasteiger partial charge >= 0.3 is 0 Å². The maximum absolute atomic E-state index is 12.6. The maximum Gasteiger partial charge on any atom is 0.263 e. The number of para-hydroxylation sites is 2. The molecule has 1 aliphatic rings. The maximum atomic E-state index is 12.6. The molecule has 0 radical (unpaired) electrons. The first kappa shape index (κ1) is 20.1. The number of H-pyrrole nitrogens is 1. The average molecular weight is 423 g/mol. The number of amides is 3. The first-order valence-electron chi connectivity index (χ1n) is 9.61. The van der Waals surface area contributed by atoms with Crippen LogP contribution in [0.4, 0.5) is 0 Å². The molecule has 154 valence electrons. The molecule has 0 aliphatic carbocycles. The Morgan fingerprint density at radius 2 is 2.00 bits per heavy atom. The number of imide groups is 1. The number of aromatic amines is 1. The van der Waals surface area contributed by atoms with E-state index in [-0.39, 0.29) is 36.4 Å². The van der Waals surface area contributed by atoms with Crippen LogP contribution in [0.15, 0.2) is 42.7 Å². The van der Waals surface area contributed by atoms with Crippen LogP contribution in [0.3, 0.4) is 0 Å². The third kappa shape index (κ3) is 3.93. The number of nitrogens with one attached hydrogen (secondary N) is 2. The van der Waals surface area contributed by atoms with Crippen LogP contribution in [0, 0.1) is 0 Å². The van der Waals surface area contributed by atoms with Crippen molar-refractivity contribution in [1.29, 1.82) is 0 Å². The summed E-state index contributed by atoms with van der Waals surface area (Å²) >= 11 is 1.69. The van der Waals surface area contributed by atoms with Crippen molar-refractivity contribution in [3.05, 3.63) is 59.7 Å². The lowest BCUT2D eigenvalue weighted by Crippen LogP contribution is -2.36. The van der Waals surface area contributed by atoms with Crippen LogP contribution in [-0.4, -0.2) is 56.1 Å². The van der Waals surface area contributed by atoms with E-state index < -0.39 is 5.91 Å². The van der Waals surface area contributed by atoms with Gasteiger partial charge in [0.15, 0.2) is 0 Å². The Hall–Kier alpha value is -3.20. The molecule has 3 aromatic rings. The van der Waals surface area contributed by atoms with Gasteiger partial charge in [-0.1, -0.05) is 12.1 Å². The highest BCUT2D eigenvalue weighted by molar-refractivity contribution is 7.98. The number of thioether (sulfide) groups is 1. The van der Waals surface area contributed by atoms with Gasteiger partial charge < -0.3 is 10.3 Å². The molecule has 0 bridgehead atoms. The lowest BCUT2D eigenvalue weighted by molar-refractivity contribution is -0.122. The molecule has 1 aliphatic heterocycles. The number of pyridine rings is 1. The second-order valence-corrected chi connectivity index (χ2v) is 7.96. The van der Waals surface area contributed by atoms with E-state index in [0.717, 1.165) is 21.7 Å². The Balaban J connectivity index is 1.42. The molecule has 30 heavy (non-hydrogen) atoms. The molecule has 9 heteroatoms. The highest BCUT2D eigenvalue weighted by Gasteiger charge is 2.35. The van der Waals surface area contributed by atoms with Crippen LogP contribution in [0.25, 0.3) is 11.0 Å². The number of hydrogen-bond donors (Lipinski definition) is 2. The molecule has 1 atom stereocenters. The van der Waals surface area contributed by atoms with Gasteiger partial charge in [-0.05, 0) is 36.6 Å². The normalized spacial score (nSPS) is 14.2. The van der Waals surface area contributed by atoms with Gasteiger partial charge in [0.05, 0.1) is 28.2 Å². The van der Waals surface area contributed by atoms with Crippen LogP contribution in [0.5, 0.6) is 0 Å². The SMILES string of the molecule is CSCC[C@@H](NC(=O)CCN1C(=O)c2ccncc2C1=O)c1nc2ccccc2[nH]1. The number of aromatic nitrogens is 3. The molecule has 0 fully saturated rings. The predicted octanol–water partition coefficient (Wildman–Crippen LogP) is 2.55. The number of nitrogens with zero attached hydrogens (tertiary/aromatic N) is 3. The monoisotopic (exact) mass is 423 g/mol. The van der Waals surface area contributed by atoms with Crippen LogP contribution in [0.1, 0.15) is 45.4 Å². The van der Waals surface area contributed by atoms with Crippen LogP contribution < -0.4 is 5.32 Å². The number of fused-ring (bicyclic) bond motifs is 2. The molecule has 4 rings (SSSR count). The van der Waals surface area contributed by atoms with Gasteiger partial charge in [0.25, 0.3) is 11.8 Å². The van der Waals surface area contributed by atoms with Crippen molar-refractivity contribution >= 4 is 40.5 Å². The average Bonchev–Trinajstić information content (AvgIpc) is 3.29. The van der Waals surface area contributed by atoms with Crippen LogP contribution in [-0.2, 0) is 4.79 Å². The zero-order valence-electron chi connectivity index (χ0n) is 16.4. The Morgan fingerprint density at radius 1 is 1.20 bits per heavy atom. The van der Waals surface area contributed by atoms with Gasteiger partial charge in [-0.15, -0.1) is 0 Å². The lowest BCUT2D eigenvalue weighted by Gasteiger charge is -2.18. The molecule has 3 amide bonds. The van der Waals surface area contributed by atoms with Crippen molar-refractivity contribution in [3.8, 4) is 0 Å². The van der Waals surface area contributed by atoms with E-state index in [2.05, 4.69) is 20.3 Å². The third-order valence-corrected chi connectivity index (χ3v) is 5.66. The summed E-state index contributed by atoms with van der Waals surface area (Å²) in [6.45, 7) is 0.0214. The number of benzene rings is 1. The predicted molar refractivity (Wildman–Crippen MR) is 114 cm³/mol. The fourth-order valence-corrected chi connectivity index (χ4v) is 3.94. The fraction of sp³-hybridized carbons (Fsp3) is 0.286. The van der Waals surface area contributed by atoms with E-state index >= 15 is 0 Å². The highest BCUT2D eigenvalue weighted by Crippen LogP contribution is 2.23. The zero-order chi connectivity index (χ0) is 21.1. The summed E-state index contributed by atoms with van der Waals surface area (Å²) in [5.74, 6) is 0.517. The highest BCUT2D eigenvalue weighted by atomic mass is 32.2. The van der Waals surface area contributed by atoms with E-state index in [1.165, 1.54) is 18.5 Å². The van der Waals surface area contributed by atoms with Gasteiger partial charge in [-0.2, -0.15) is 11.8 Å². The van der Waals surface area contributed by atoms with Crippen molar-refractivity contribution in [2.24, 2.45) is 0 Å². The first-order chi connectivity index (χ1) is 14.6. The van der Waals surface area contributed by atoms with Crippen molar-refractivity contribution in [2.45, 2.75) is 18.9 Å². The topological polar surface area (TPSA) is 108 Å². The van der Waals surface area contributed by atoms with E-state index in [1.807, 2.05) is 30.5 Å². The number of carbonyl (C=O) groups is 3. The van der Waals surface area contributed by atoms with Gasteiger partial charge in [0.1, 0.15) is 5.82 Å². The summed E-state index contributed by atoms with van der Waals surface area (Å²) < 4.78 is 0. The molecule has 3 heterocycles. The second-order valence-electron chi connectivity index (χ2n) is 6.97. The van der Waals surface area contributed by atoms with Gasteiger partial charge in [-0.3, -0.25) is 24.3 Å². The minimum absolute atomic E-state index is 0.0214. The quantitative estimate of drug-likeness (QED) is 0.539. The van der Waals surface area contributed by atoms with E-state index in [1.54, 1.807) is 11.8 Å².